The lowest BCUT2D eigenvalue weighted by Crippen LogP contribution is -2.12. The summed E-state index contributed by atoms with van der Waals surface area (Å²) in [6, 6.07) is 13.6. The average Bonchev–Trinajstić information content (AvgIpc) is 2.86. The Morgan fingerprint density at radius 3 is 2.95 bits per heavy atom. The number of benzene rings is 2. The van der Waals surface area contributed by atoms with Gasteiger partial charge in [0.25, 0.3) is 5.91 Å². The van der Waals surface area contributed by atoms with E-state index < -0.39 is 0 Å². The van der Waals surface area contributed by atoms with E-state index in [4.69, 9.17) is 0 Å². The summed E-state index contributed by atoms with van der Waals surface area (Å²) in [6.45, 7) is 0.976. The van der Waals surface area contributed by atoms with Crippen molar-refractivity contribution >= 4 is 39.9 Å². The van der Waals surface area contributed by atoms with Crippen LogP contribution in [-0.2, 0) is 6.42 Å². The number of fused-ring (bicyclic) bond motifs is 1. The van der Waals surface area contributed by atoms with E-state index in [0.29, 0.717) is 5.56 Å². The first-order valence-electron chi connectivity index (χ1n) is 6.16. The molecule has 2 aromatic rings. The summed E-state index contributed by atoms with van der Waals surface area (Å²) < 4.78 is 1.06. The maximum Gasteiger partial charge on any atom is 0.255 e. The van der Waals surface area contributed by atoms with Crippen LogP contribution in [0.15, 0.2) is 42.5 Å². The lowest BCUT2D eigenvalue weighted by atomic mass is 10.1. The van der Waals surface area contributed by atoms with Gasteiger partial charge in [-0.1, -0.05) is 6.07 Å². The summed E-state index contributed by atoms with van der Waals surface area (Å²) in [4.78, 5) is 12.1. The Hall–Kier alpha value is -1.56. The number of halogens is 1. The summed E-state index contributed by atoms with van der Waals surface area (Å²) in [5, 5.41) is 6.25. The molecule has 0 spiro atoms. The van der Waals surface area contributed by atoms with Gasteiger partial charge in [0.2, 0.25) is 0 Å². The topological polar surface area (TPSA) is 41.1 Å². The van der Waals surface area contributed by atoms with Crippen LogP contribution in [0.5, 0.6) is 0 Å². The van der Waals surface area contributed by atoms with Crippen LogP contribution in [0.2, 0.25) is 0 Å². The number of nitrogens with one attached hydrogen (secondary N) is 2. The Morgan fingerprint density at radius 1 is 1.21 bits per heavy atom. The van der Waals surface area contributed by atoms with Gasteiger partial charge in [-0.05, 0) is 71.0 Å². The van der Waals surface area contributed by atoms with Crippen molar-refractivity contribution in [2.24, 2.45) is 0 Å². The van der Waals surface area contributed by atoms with Gasteiger partial charge in [-0.2, -0.15) is 0 Å². The van der Waals surface area contributed by atoms with Crippen LogP contribution in [0, 0.1) is 3.57 Å². The maximum absolute atomic E-state index is 12.1. The summed E-state index contributed by atoms with van der Waals surface area (Å²) in [6.07, 6.45) is 1.02. The Kier molecular flexibility index (Phi) is 3.42. The first-order valence-corrected chi connectivity index (χ1v) is 7.24. The molecule has 0 unspecified atom stereocenters. The molecule has 1 heterocycles. The Labute approximate surface area is 125 Å². The summed E-state index contributed by atoms with van der Waals surface area (Å²) in [5.41, 5.74) is 3.98. The molecule has 0 aromatic heterocycles. The molecular weight excluding hydrogens is 351 g/mol. The first-order chi connectivity index (χ1) is 9.22. The lowest BCUT2D eigenvalue weighted by Gasteiger charge is -2.07. The second-order valence-electron chi connectivity index (χ2n) is 4.51. The van der Waals surface area contributed by atoms with Gasteiger partial charge < -0.3 is 10.6 Å². The van der Waals surface area contributed by atoms with E-state index in [1.165, 1.54) is 11.3 Å². The normalized spacial score (nSPS) is 12.7. The van der Waals surface area contributed by atoms with E-state index in [1.807, 2.05) is 42.5 Å². The largest absolute Gasteiger partial charge is 0.384 e. The molecule has 2 aromatic carbocycles. The van der Waals surface area contributed by atoms with Crippen molar-refractivity contribution in [2.75, 3.05) is 17.2 Å². The van der Waals surface area contributed by atoms with Crippen molar-refractivity contribution in [3.8, 4) is 0 Å². The zero-order chi connectivity index (χ0) is 13.2. The van der Waals surface area contributed by atoms with E-state index in [2.05, 4.69) is 33.2 Å². The van der Waals surface area contributed by atoms with Gasteiger partial charge in [-0.25, -0.2) is 0 Å². The van der Waals surface area contributed by atoms with E-state index in [9.17, 15) is 4.79 Å². The number of anilines is 2. The number of carbonyl (C=O) groups excluding carboxylic acids is 1. The highest BCUT2D eigenvalue weighted by Crippen LogP contribution is 2.25. The highest BCUT2D eigenvalue weighted by molar-refractivity contribution is 14.1. The maximum atomic E-state index is 12.1. The molecule has 4 heteroatoms. The molecule has 0 aliphatic carbocycles. The number of hydrogen-bond donors (Lipinski definition) is 2. The Bertz CT molecular complexity index is 640. The number of hydrogen-bond acceptors (Lipinski definition) is 2. The van der Waals surface area contributed by atoms with Crippen molar-refractivity contribution in [3.63, 3.8) is 0 Å². The van der Waals surface area contributed by atoms with E-state index in [-0.39, 0.29) is 5.91 Å². The lowest BCUT2D eigenvalue weighted by molar-refractivity contribution is 0.102. The van der Waals surface area contributed by atoms with E-state index >= 15 is 0 Å². The van der Waals surface area contributed by atoms with Crippen LogP contribution in [0.4, 0.5) is 11.4 Å². The van der Waals surface area contributed by atoms with Crippen molar-refractivity contribution in [2.45, 2.75) is 6.42 Å². The van der Waals surface area contributed by atoms with Gasteiger partial charge in [0.1, 0.15) is 0 Å². The van der Waals surface area contributed by atoms with Gasteiger partial charge in [0.05, 0.1) is 0 Å². The molecule has 3 nitrogen and oxygen atoms in total. The first kappa shape index (κ1) is 12.5. The Balaban J connectivity index is 1.80. The molecule has 1 aliphatic rings. The number of rotatable bonds is 2. The molecule has 19 heavy (non-hydrogen) atoms. The molecular formula is C15H13IN2O. The van der Waals surface area contributed by atoms with Crippen LogP contribution in [0.25, 0.3) is 0 Å². The van der Waals surface area contributed by atoms with Gasteiger partial charge in [-0.3, -0.25) is 4.79 Å². The molecule has 3 rings (SSSR count). The Morgan fingerprint density at radius 2 is 2.11 bits per heavy atom. The van der Waals surface area contributed by atoms with Crippen molar-refractivity contribution in [1.29, 1.82) is 0 Å². The highest BCUT2D eigenvalue weighted by Gasteiger charge is 2.12. The molecule has 0 fully saturated rings. The molecule has 1 aliphatic heterocycles. The van der Waals surface area contributed by atoms with Crippen LogP contribution in [0.1, 0.15) is 15.9 Å². The molecule has 2 N–H and O–H groups in total. The second-order valence-corrected chi connectivity index (χ2v) is 5.76. The van der Waals surface area contributed by atoms with Gasteiger partial charge >= 0.3 is 0 Å². The monoisotopic (exact) mass is 364 g/mol. The fraction of sp³-hybridized carbons (Fsp3) is 0.133. The van der Waals surface area contributed by atoms with Crippen LogP contribution < -0.4 is 10.6 Å². The van der Waals surface area contributed by atoms with Crippen LogP contribution in [0.3, 0.4) is 0 Å². The van der Waals surface area contributed by atoms with Gasteiger partial charge in [0, 0.05) is 27.1 Å². The summed E-state index contributed by atoms with van der Waals surface area (Å²) in [5.74, 6) is -0.0653. The summed E-state index contributed by atoms with van der Waals surface area (Å²) in [7, 11) is 0. The third-order valence-corrected chi connectivity index (χ3v) is 3.83. The molecule has 1 amide bonds. The summed E-state index contributed by atoms with van der Waals surface area (Å²) >= 11 is 2.21. The van der Waals surface area contributed by atoms with Crippen LogP contribution in [-0.4, -0.2) is 12.5 Å². The minimum absolute atomic E-state index is 0.0653. The third-order valence-electron chi connectivity index (χ3n) is 3.16. The minimum atomic E-state index is -0.0653. The molecule has 0 saturated carbocycles. The molecule has 96 valence electrons. The predicted octanol–water partition coefficient (Wildman–Crippen LogP) is 3.51. The van der Waals surface area contributed by atoms with Gasteiger partial charge in [-0.15, -0.1) is 0 Å². The van der Waals surface area contributed by atoms with E-state index in [0.717, 1.165) is 22.2 Å². The quantitative estimate of drug-likeness (QED) is 0.801. The average molecular weight is 364 g/mol. The van der Waals surface area contributed by atoms with Crippen molar-refractivity contribution < 1.29 is 4.79 Å². The molecule has 0 radical (unpaired) electrons. The van der Waals surface area contributed by atoms with Gasteiger partial charge in [0.15, 0.2) is 0 Å². The predicted molar refractivity (Wildman–Crippen MR) is 85.7 cm³/mol. The smallest absolute Gasteiger partial charge is 0.255 e. The second kappa shape index (κ2) is 5.21. The molecule has 0 atom stereocenters. The fourth-order valence-electron chi connectivity index (χ4n) is 2.22. The fourth-order valence-corrected chi connectivity index (χ4v) is 2.76. The SMILES string of the molecule is O=C(Nc1ccc2c(c1)CCN2)c1cccc(I)c1. The number of amides is 1. The van der Waals surface area contributed by atoms with Crippen LogP contribution >= 0.6 is 22.6 Å². The zero-order valence-corrected chi connectivity index (χ0v) is 12.4. The number of carbonyl (C=O) groups is 1. The molecule has 0 bridgehead atoms. The van der Waals surface area contributed by atoms with Crippen molar-refractivity contribution in [3.05, 3.63) is 57.2 Å². The highest BCUT2D eigenvalue weighted by atomic mass is 127. The molecule has 0 saturated heterocycles. The minimum Gasteiger partial charge on any atom is -0.384 e. The van der Waals surface area contributed by atoms with Crippen molar-refractivity contribution in [1.82, 2.24) is 0 Å². The third kappa shape index (κ3) is 2.73. The van der Waals surface area contributed by atoms with E-state index in [1.54, 1.807) is 0 Å². The zero-order valence-electron chi connectivity index (χ0n) is 10.2. The standard InChI is InChI=1S/C15H13IN2O/c16-12-3-1-2-11(8-12)15(19)18-13-4-5-14-10(9-13)6-7-17-14/h1-5,8-9,17H,6-7H2,(H,18,19).